The van der Waals surface area contributed by atoms with Crippen LogP contribution in [0.5, 0.6) is 0 Å². The van der Waals surface area contributed by atoms with Crippen LogP contribution in [0.3, 0.4) is 0 Å². The minimum absolute atomic E-state index is 0.0214. The van der Waals surface area contributed by atoms with Crippen molar-refractivity contribution in [2.24, 2.45) is 11.8 Å². The maximum atomic E-state index is 13.7. The molecule has 0 unspecified atom stereocenters. The van der Waals surface area contributed by atoms with Crippen LogP contribution in [0, 0.1) is 11.8 Å². The van der Waals surface area contributed by atoms with Crippen LogP contribution in [0.1, 0.15) is 25.8 Å². The summed E-state index contributed by atoms with van der Waals surface area (Å²) in [5.74, 6) is -3.86. The van der Waals surface area contributed by atoms with Gasteiger partial charge in [0, 0.05) is 30.9 Å². The van der Waals surface area contributed by atoms with Crippen LogP contribution >= 0.6 is 0 Å². The standard InChI is InChI=1S/C22H25NO6/c1-5-29-17(25)11-21-14-8-6-7-9-16(14)23-19(21)18-13(12(2)24)10-15(21)20(26)22(18,27-3)28-4/h6-10,15,18-19,23H,5,11H2,1-4H3/t15-,18-,19+,21-/m0/s1. The zero-order chi connectivity index (χ0) is 21.0. The Morgan fingerprint density at radius 1 is 1.17 bits per heavy atom. The predicted octanol–water partition coefficient (Wildman–Crippen LogP) is 2.00. The summed E-state index contributed by atoms with van der Waals surface area (Å²) in [5.41, 5.74) is 1.33. The van der Waals surface area contributed by atoms with Gasteiger partial charge in [-0.25, -0.2) is 0 Å². The number of rotatable bonds is 6. The molecular formula is C22H25NO6. The number of nitrogens with one attached hydrogen (secondary N) is 1. The van der Waals surface area contributed by atoms with Gasteiger partial charge in [-0.3, -0.25) is 14.4 Å². The van der Waals surface area contributed by atoms with Gasteiger partial charge in [0.05, 0.1) is 30.9 Å². The monoisotopic (exact) mass is 399 g/mol. The molecule has 0 amide bonds. The molecule has 5 rings (SSSR count). The number of carbonyl (C=O) groups is 3. The van der Waals surface area contributed by atoms with E-state index in [0.29, 0.717) is 5.57 Å². The lowest BCUT2D eigenvalue weighted by atomic mass is 9.49. The summed E-state index contributed by atoms with van der Waals surface area (Å²) in [7, 11) is 2.82. The molecule has 1 N–H and O–H groups in total. The SMILES string of the molecule is CCOC(=O)C[C@@]12c3ccccc3N[C@@H]1[C@@H]1C(C(C)=O)=C[C@H]2C(=O)C1(OC)OC. The van der Waals surface area contributed by atoms with E-state index in [1.807, 2.05) is 24.3 Å². The third-order valence-electron chi connectivity index (χ3n) is 6.65. The first-order valence-electron chi connectivity index (χ1n) is 9.76. The number of anilines is 1. The molecule has 1 fully saturated rings. The number of hydrogen-bond donors (Lipinski definition) is 1. The Balaban J connectivity index is 1.97. The lowest BCUT2D eigenvalue weighted by Gasteiger charge is -2.57. The normalized spacial score (nSPS) is 30.8. The molecule has 0 radical (unpaired) electrons. The Morgan fingerprint density at radius 3 is 2.48 bits per heavy atom. The van der Waals surface area contributed by atoms with E-state index in [9.17, 15) is 14.4 Å². The summed E-state index contributed by atoms with van der Waals surface area (Å²) >= 11 is 0. The topological polar surface area (TPSA) is 90.9 Å². The molecule has 1 aliphatic heterocycles. The van der Waals surface area contributed by atoms with E-state index in [0.717, 1.165) is 11.3 Å². The predicted molar refractivity (Wildman–Crippen MR) is 104 cm³/mol. The van der Waals surface area contributed by atoms with Crippen molar-refractivity contribution in [3.05, 3.63) is 41.5 Å². The third kappa shape index (κ3) is 2.40. The maximum Gasteiger partial charge on any atom is 0.306 e. The Bertz CT molecular complexity index is 918. The second-order valence-corrected chi connectivity index (χ2v) is 7.76. The number of Topliss-reactive ketones (excluding diaryl/α,β-unsaturated/α-hetero) is 2. The van der Waals surface area contributed by atoms with Crippen LogP contribution in [0.2, 0.25) is 0 Å². The minimum atomic E-state index is -1.59. The van der Waals surface area contributed by atoms with Gasteiger partial charge in [0.2, 0.25) is 5.79 Å². The van der Waals surface area contributed by atoms with E-state index in [1.165, 1.54) is 21.1 Å². The highest BCUT2D eigenvalue weighted by Crippen LogP contribution is 2.62. The summed E-state index contributed by atoms with van der Waals surface area (Å²) < 4.78 is 16.5. The smallest absolute Gasteiger partial charge is 0.306 e. The second-order valence-electron chi connectivity index (χ2n) is 7.76. The van der Waals surface area contributed by atoms with Crippen LogP contribution in [0.15, 0.2) is 35.9 Å². The molecule has 1 saturated carbocycles. The molecule has 29 heavy (non-hydrogen) atoms. The number of allylic oxidation sites excluding steroid dienone is 1. The molecule has 1 heterocycles. The van der Waals surface area contributed by atoms with Gasteiger partial charge in [0.1, 0.15) is 0 Å². The van der Waals surface area contributed by atoms with E-state index in [2.05, 4.69) is 5.32 Å². The molecule has 0 spiro atoms. The molecule has 2 bridgehead atoms. The number of ether oxygens (including phenoxy) is 3. The molecule has 3 aliphatic carbocycles. The molecule has 7 nitrogen and oxygen atoms in total. The Morgan fingerprint density at radius 2 is 1.86 bits per heavy atom. The van der Waals surface area contributed by atoms with E-state index in [-0.39, 0.29) is 30.6 Å². The summed E-state index contributed by atoms with van der Waals surface area (Å²) in [4.78, 5) is 38.8. The molecular weight excluding hydrogens is 374 g/mol. The Kier molecular flexibility index (Phi) is 4.63. The first kappa shape index (κ1) is 19.8. The van der Waals surface area contributed by atoms with Gasteiger partial charge in [-0.2, -0.15) is 0 Å². The van der Waals surface area contributed by atoms with Crippen LogP contribution in [0.4, 0.5) is 5.69 Å². The van der Waals surface area contributed by atoms with Crippen LogP contribution in [0.25, 0.3) is 0 Å². The summed E-state index contributed by atoms with van der Waals surface area (Å²) in [6.07, 6.45) is 1.73. The molecule has 4 aliphatic rings. The lowest BCUT2D eigenvalue weighted by Crippen LogP contribution is -2.72. The number of methoxy groups -OCH3 is 2. The van der Waals surface area contributed by atoms with Crippen LogP contribution < -0.4 is 5.32 Å². The van der Waals surface area contributed by atoms with Gasteiger partial charge in [-0.1, -0.05) is 24.3 Å². The average Bonchev–Trinajstić information content (AvgIpc) is 3.04. The molecule has 0 aromatic heterocycles. The number of esters is 1. The van der Waals surface area contributed by atoms with E-state index < -0.39 is 29.1 Å². The second kappa shape index (κ2) is 6.78. The molecule has 4 atom stereocenters. The summed E-state index contributed by atoms with van der Waals surface area (Å²) in [6, 6.07) is 7.19. The van der Waals surface area contributed by atoms with Crippen molar-refractivity contribution in [1.29, 1.82) is 0 Å². The van der Waals surface area contributed by atoms with Gasteiger partial charge in [-0.15, -0.1) is 0 Å². The Labute approximate surface area is 169 Å². The van der Waals surface area contributed by atoms with Gasteiger partial charge in [0.15, 0.2) is 11.6 Å². The highest BCUT2D eigenvalue weighted by atomic mass is 16.7. The summed E-state index contributed by atoms with van der Waals surface area (Å²) in [5, 5.41) is 3.47. The van der Waals surface area contributed by atoms with Crippen molar-refractivity contribution in [3.63, 3.8) is 0 Å². The number of fused-ring (bicyclic) bond motifs is 2. The zero-order valence-corrected chi connectivity index (χ0v) is 17.0. The molecule has 1 aromatic rings. The Hall–Kier alpha value is -2.51. The van der Waals surface area contributed by atoms with Crippen molar-refractivity contribution >= 4 is 23.2 Å². The van der Waals surface area contributed by atoms with Crippen molar-refractivity contribution in [2.45, 2.75) is 37.5 Å². The van der Waals surface area contributed by atoms with E-state index in [1.54, 1.807) is 13.0 Å². The fraction of sp³-hybridized carbons (Fsp3) is 0.500. The van der Waals surface area contributed by atoms with E-state index >= 15 is 0 Å². The number of benzene rings is 1. The summed E-state index contributed by atoms with van der Waals surface area (Å²) in [6.45, 7) is 3.48. The fourth-order valence-electron chi connectivity index (χ4n) is 5.58. The van der Waals surface area contributed by atoms with Gasteiger partial charge < -0.3 is 19.5 Å². The van der Waals surface area contributed by atoms with Crippen molar-refractivity contribution < 1.29 is 28.6 Å². The van der Waals surface area contributed by atoms with Gasteiger partial charge in [-0.05, 0) is 25.5 Å². The van der Waals surface area contributed by atoms with Crippen LogP contribution in [-0.4, -0.2) is 50.2 Å². The zero-order valence-electron chi connectivity index (χ0n) is 17.0. The van der Waals surface area contributed by atoms with E-state index in [4.69, 9.17) is 14.2 Å². The van der Waals surface area contributed by atoms with Crippen molar-refractivity contribution in [3.8, 4) is 0 Å². The fourth-order valence-corrected chi connectivity index (χ4v) is 5.58. The first-order chi connectivity index (χ1) is 13.9. The largest absolute Gasteiger partial charge is 0.466 e. The highest BCUT2D eigenvalue weighted by molar-refractivity contribution is 6.04. The number of carbonyl (C=O) groups excluding carboxylic acids is 3. The average molecular weight is 399 g/mol. The molecule has 1 aromatic carbocycles. The molecule has 154 valence electrons. The number of hydrogen-bond acceptors (Lipinski definition) is 7. The highest BCUT2D eigenvalue weighted by Gasteiger charge is 2.73. The number of para-hydroxylation sites is 1. The number of ketones is 2. The first-order valence-corrected chi connectivity index (χ1v) is 9.76. The molecule has 0 saturated heterocycles. The molecule has 7 heteroatoms. The third-order valence-corrected chi connectivity index (χ3v) is 6.65. The maximum absolute atomic E-state index is 13.7. The van der Waals surface area contributed by atoms with Crippen LogP contribution in [-0.2, 0) is 34.0 Å². The quantitative estimate of drug-likeness (QED) is 0.578. The van der Waals surface area contributed by atoms with Gasteiger partial charge >= 0.3 is 5.97 Å². The lowest BCUT2D eigenvalue weighted by molar-refractivity contribution is -0.245. The van der Waals surface area contributed by atoms with Crippen molar-refractivity contribution in [1.82, 2.24) is 0 Å². The minimum Gasteiger partial charge on any atom is -0.466 e. The van der Waals surface area contributed by atoms with Gasteiger partial charge in [0.25, 0.3) is 0 Å². The van der Waals surface area contributed by atoms with Crippen molar-refractivity contribution in [2.75, 3.05) is 26.1 Å².